The van der Waals surface area contributed by atoms with E-state index in [1.807, 2.05) is 11.6 Å². The molecule has 0 radical (unpaired) electrons. The molecule has 0 atom stereocenters. The highest BCUT2D eigenvalue weighted by molar-refractivity contribution is 7.13. The minimum absolute atomic E-state index is 0.216. The number of aromatic nitrogens is 1. The van der Waals surface area contributed by atoms with Gasteiger partial charge in [-0.2, -0.15) is 0 Å². The minimum atomic E-state index is -0.353. The number of nitrogens with zero attached hydrogens (tertiary/aromatic N) is 3. The van der Waals surface area contributed by atoms with Gasteiger partial charge < -0.3 is 10.2 Å². The first kappa shape index (κ1) is 17.2. The number of thiazole rings is 1. The van der Waals surface area contributed by atoms with E-state index in [1.54, 1.807) is 11.3 Å². The Hall–Kier alpha value is -1.67. The summed E-state index contributed by atoms with van der Waals surface area (Å²) in [6, 6.07) is -0.137. The quantitative estimate of drug-likeness (QED) is 0.858. The number of nitrogens with one attached hydrogen (secondary N) is 2. The van der Waals surface area contributed by atoms with E-state index in [0.29, 0.717) is 0 Å². The molecule has 1 saturated carbocycles. The van der Waals surface area contributed by atoms with Crippen molar-refractivity contribution in [3.63, 3.8) is 0 Å². The van der Waals surface area contributed by atoms with Crippen LogP contribution in [0.2, 0.25) is 0 Å². The molecule has 0 bridgehead atoms. The zero-order valence-corrected chi connectivity index (χ0v) is 14.7. The van der Waals surface area contributed by atoms with E-state index in [2.05, 4.69) is 25.4 Å². The Morgan fingerprint density at radius 2 is 1.92 bits per heavy atom. The summed E-state index contributed by atoms with van der Waals surface area (Å²) in [5, 5.41) is 8.37. The third-order valence-electron chi connectivity index (χ3n) is 4.62. The van der Waals surface area contributed by atoms with Gasteiger partial charge in [-0.3, -0.25) is 15.0 Å². The smallest absolute Gasteiger partial charge is 0.321 e. The Balaban J connectivity index is 1.35. The first-order valence-corrected chi connectivity index (χ1v) is 9.56. The Kier molecular flexibility index (Phi) is 6.03. The minimum Gasteiger partial charge on any atom is -0.346 e. The van der Waals surface area contributed by atoms with Crippen molar-refractivity contribution < 1.29 is 9.59 Å². The van der Waals surface area contributed by atoms with Crippen LogP contribution in [0.1, 0.15) is 32.1 Å². The highest BCUT2D eigenvalue weighted by Crippen LogP contribution is 2.19. The average Bonchev–Trinajstić information content (AvgIpc) is 3.10. The fourth-order valence-corrected chi connectivity index (χ4v) is 4.00. The molecule has 2 fully saturated rings. The molecule has 3 amide bonds. The number of piperazine rings is 1. The molecule has 0 aromatic carbocycles. The van der Waals surface area contributed by atoms with E-state index in [1.165, 1.54) is 6.42 Å². The molecule has 132 valence electrons. The standard InChI is InChI=1S/C16H25N5O2S/c22-14(19-15(23)18-13-4-2-1-3-5-13)12-20-7-9-21(10-8-20)16-17-6-11-24-16/h6,11,13H,1-5,7-10,12H2,(H2,18,19,22,23). The van der Waals surface area contributed by atoms with E-state index in [4.69, 9.17) is 0 Å². The van der Waals surface area contributed by atoms with E-state index in [0.717, 1.165) is 57.0 Å². The number of carbonyl (C=O) groups excluding carboxylic acids is 2. The molecular formula is C16H25N5O2S. The lowest BCUT2D eigenvalue weighted by Gasteiger charge is -2.34. The van der Waals surface area contributed by atoms with Gasteiger partial charge in [0.2, 0.25) is 5.91 Å². The number of anilines is 1. The monoisotopic (exact) mass is 351 g/mol. The third kappa shape index (κ3) is 4.91. The SMILES string of the molecule is O=C(CN1CCN(c2nccs2)CC1)NC(=O)NC1CCCCC1. The summed E-state index contributed by atoms with van der Waals surface area (Å²) in [5.41, 5.74) is 0. The van der Waals surface area contributed by atoms with E-state index < -0.39 is 0 Å². The summed E-state index contributed by atoms with van der Waals surface area (Å²) in [5.74, 6) is -0.231. The Labute approximate surface area is 146 Å². The van der Waals surface area contributed by atoms with Crippen LogP contribution in [-0.4, -0.2) is 60.6 Å². The molecular weight excluding hydrogens is 326 g/mol. The van der Waals surface area contributed by atoms with Gasteiger partial charge in [-0.25, -0.2) is 9.78 Å². The fourth-order valence-electron chi connectivity index (χ4n) is 3.31. The molecule has 2 aliphatic rings. The fraction of sp³-hybridized carbons (Fsp3) is 0.688. The van der Waals surface area contributed by atoms with E-state index in [9.17, 15) is 9.59 Å². The molecule has 1 aromatic rings. The van der Waals surface area contributed by atoms with Gasteiger partial charge in [0.15, 0.2) is 5.13 Å². The highest BCUT2D eigenvalue weighted by Gasteiger charge is 2.22. The maximum absolute atomic E-state index is 12.0. The first-order valence-electron chi connectivity index (χ1n) is 8.68. The van der Waals surface area contributed by atoms with Gasteiger partial charge in [-0.05, 0) is 12.8 Å². The maximum Gasteiger partial charge on any atom is 0.321 e. The highest BCUT2D eigenvalue weighted by atomic mass is 32.1. The van der Waals surface area contributed by atoms with Crippen LogP contribution in [0.3, 0.4) is 0 Å². The van der Waals surface area contributed by atoms with Crippen LogP contribution in [0.4, 0.5) is 9.93 Å². The second-order valence-electron chi connectivity index (χ2n) is 6.43. The molecule has 1 aliphatic heterocycles. The predicted molar refractivity (Wildman–Crippen MR) is 94.3 cm³/mol. The molecule has 7 nitrogen and oxygen atoms in total. The zero-order valence-electron chi connectivity index (χ0n) is 13.9. The van der Waals surface area contributed by atoms with Gasteiger partial charge in [0.1, 0.15) is 0 Å². The van der Waals surface area contributed by atoms with Crippen LogP contribution in [0.15, 0.2) is 11.6 Å². The van der Waals surface area contributed by atoms with Gasteiger partial charge >= 0.3 is 6.03 Å². The molecule has 2 heterocycles. The lowest BCUT2D eigenvalue weighted by Crippen LogP contribution is -2.52. The summed E-state index contributed by atoms with van der Waals surface area (Å²) >= 11 is 1.63. The number of hydrogen-bond acceptors (Lipinski definition) is 6. The second-order valence-corrected chi connectivity index (χ2v) is 7.31. The molecule has 3 rings (SSSR count). The Bertz CT molecular complexity index is 537. The van der Waals surface area contributed by atoms with Crippen LogP contribution >= 0.6 is 11.3 Å². The molecule has 8 heteroatoms. The van der Waals surface area contributed by atoms with Gasteiger partial charge in [0, 0.05) is 43.8 Å². The number of urea groups is 1. The second kappa shape index (κ2) is 8.43. The molecule has 1 saturated heterocycles. The van der Waals surface area contributed by atoms with Crippen molar-refractivity contribution in [3.05, 3.63) is 11.6 Å². The van der Waals surface area contributed by atoms with Crippen LogP contribution in [0.5, 0.6) is 0 Å². The molecule has 1 aromatic heterocycles. The number of imide groups is 1. The van der Waals surface area contributed by atoms with Crippen molar-refractivity contribution in [3.8, 4) is 0 Å². The average molecular weight is 351 g/mol. The molecule has 24 heavy (non-hydrogen) atoms. The van der Waals surface area contributed by atoms with E-state index in [-0.39, 0.29) is 24.5 Å². The first-order chi connectivity index (χ1) is 11.7. The van der Waals surface area contributed by atoms with Gasteiger partial charge in [-0.1, -0.05) is 19.3 Å². The third-order valence-corrected chi connectivity index (χ3v) is 5.45. The van der Waals surface area contributed by atoms with Crippen molar-refractivity contribution in [2.24, 2.45) is 0 Å². The van der Waals surface area contributed by atoms with Gasteiger partial charge in [-0.15, -0.1) is 11.3 Å². The van der Waals surface area contributed by atoms with E-state index >= 15 is 0 Å². The predicted octanol–water partition coefficient (Wildman–Crippen LogP) is 1.42. The van der Waals surface area contributed by atoms with Crippen LogP contribution < -0.4 is 15.5 Å². The van der Waals surface area contributed by atoms with Crippen LogP contribution in [0, 0.1) is 0 Å². The maximum atomic E-state index is 12.0. The molecule has 0 unspecified atom stereocenters. The van der Waals surface area contributed by atoms with Crippen molar-refractivity contribution in [2.45, 2.75) is 38.1 Å². The summed E-state index contributed by atoms with van der Waals surface area (Å²) in [4.78, 5) is 32.6. The van der Waals surface area contributed by atoms with Crippen molar-refractivity contribution in [1.29, 1.82) is 0 Å². The number of rotatable bonds is 4. The lowest BCUT2D eigenvalue weighted by atomic mass is 9.96. The largest absolute Gasteiger partial charge is 0.346 e. The Morgan fingerprint density at radius 3 is 2.58 bits per heavy atom. The number of carbonyl (C=O) groups is 2. The van der Waals surface area contributed by atoms with Gasteiger partial charge in [0.25, 0.3) is 0 Å². The van der Waals surface area contributed by atoms with Gasteiger partial charge in [0.05, 0.1) is 6.54 Å². The van der Waals surface area contributed by atoms with Crippen molar-refractivity contribution in [2.75, 3.05) is 37.6 Å². The van der Waals surface area contributed by atoms with Crippen molar-refractivity contribution >= 4 is 28.4 Å². The summed E-state index contributed by atoms with van der Waals surface area (Å²) in [6.07, 6.45) is 7.39. The molecule has 1 aliphatic carbocycles. The molecule has 0 spiro atoms. The topological polar surface area (TPSA) is 77.6 Å². The number of amides is 3. The normalized spacial score (nSPS) is 19.9. The Morgan fingerprint density at radius 1 is 1.17 bits per heavy atom. The summed E-state index contributed by atoms with van der Waals surface area (Å²) < 4.78 is 0. The number of hydrogen-bond donors (Lipinski definition) is 2. The zero-order chi connectivity index (χ0) is 16.8. The van der Waals surface area contributed by atoms with Crippen LogP contribution in [0.25, 0.3) is 0 Å². The van der Waals surface area contributed by atoms with Crippen molar-refractivity contribution in [1.82, 2.24) is 20.5 Å². The molecule has 2 N–H and O–H groups in total. The lowest BCUT2D eigenvalue weighted by molar-refractivity contribution is -0.121. The summed E-state index contributed by atoms with van der Waals surface area (Å²) in [7, 11) is 0. The summed E-state index contributed by atoms with van der Waals surface area (Å²) in [6.45, 7) is 3.59. The van der Waals surface area contributed by atoms with Crippen LogP contribution in [-0.2, 0) is 4.79 Å².